The topological polar surface area (TPSA) is 29.3 Å². The van der Waals surface area contributed by atoms with Crippen molar-refractivity contribution >= 4 is 11.4 Å². The van der Waals surface area contributed by atoms with Gasteiger partial charge in [-0.2, -0.15) is 0 Å². The van der Waals surface area contributed by atoms with Crippen molar-refractivity contribution in [2.45, 2.75) is 19.9 Å². The Morgan fingerprint density at radius 3 is 2.22 bits per heavy atom. The number of hydrogen-bond donors (Lipinski definition) is 1. The Morgan fingerprint density at radius 1 is 1.00 bits per heavy atom. The van der Waals surface area contributed by atoms with Gasteiger partial charge in [-0.05, 0) is 49.2 Å². The molecule has 2 nitrogen and oxygen atoms in total. The van der Waals surface area contributed by atoms with Crippen molar-refractivity contribution in [1.82, 2.24) is 0 Å². The molecule has 0 aromatic heterocycles. The lowest BCUT2D eigenvalue weighted by Gasteiger charge is -2.20. The monoisotopic (exact) mass is 240 g/mol. The highest BCUT2D eigenvalue weighted by molar-refractivity contribution is 5.63. The second-order valence-corrected chi connectivity index (χ2v) is 4.78. The van der Waals surface area contributed by atoms with E-state index < -0.39 is 0 Å². The quantitative estimate of drug-likeness (QED) is 0.884. The maximum Gasteiger partial charge on any atom is 0.0410 e. The Kier molecular flexibility index (Phi) is 3.68. The van der Waals surface area contributed by atoms with Gasteiger partial charge in [-0.3, -0.25) is 0 Å². The molecule has 0 heterocycles. The van der Waals surface area contributed by atoms with Gasteiger partial charge < -0.3 is 10.6 Å². The van der Waals surface area contributed by atoms with Gasteiger partial charge in [0.15, 0.2) is 0 Å². The van der Waals surface area contributed by atoms with Crippen molar-refractivity contribution < 1.29 is 0 Å². The summed E-state index contributed by atoms with van der Waals surface area (Å²) in [5, 5.41) is 0. The molecule has 1 atom stereocenters. The molecule has 2 N–H and O–H groups in total. The van der Waals surface area contributed by atoms with Crippen LogP contribution in [0.15, 0.2) is 48.5 Å². The summed E-state index contributed by atoms with van der Waals surface area (Å²) in [4.78, 5) is 2.18. The van der Waals surface area contributed by atoms with Gasteiger partial charge in [0.1, 0.15) is 0 Å². The van der Waals surface area contributed by atoms with Crippen LogP contribution in [0.4, 0.5) is 11.4 Å². The van der Waals surface area contributed by atoms with E-state index in [4.69, 9.17) is 5.73 Å². The second-order valence-electron chi connectivity index (χ2n) is 4.78. The largest absolute Gasteiger partial charge is 0.345 e. The van der Waals surface area contributed by atoms with Crippen LogP contribution < -0.4 is 10.6 Å². The highest BCUT2D eigenvalue weighted by Gasteiger charge is 2.05. The first-order chi connectivity index (χ1) is 8.58. The Balaban J connectivity index is 2.26. The molecule has 2 aromatic rings. The first-order valence-electron chi connectivity index (χ1n) is 6.24. The Morgan fingerprint density at radius 2 is 1.67 bits per heavy atom. The second kappa shape index (κ2) is 5.23. The molecule has 0 amide bonds. The standard InChI is InChI=1S/C16H20N2/c1-12-5-4-6-16(11-12)18(3)15-9-7-14(8-10-15)13(2)17/h4-11,13H,17H2,1-3H3/t13-/m0/s1. The molecule has 94 valence electrons. The number of benzene rings is 2. The lowest BCUT2D eigenvalue weighted by Crippen LogP contribution is -2.10. The average Bonchev–Trinajstić information content (AvgIpc) is 2.38. The van der Waals surface area contributed by atoms with Crippen LogP contribution in [0.25, 0.3) is 0 Å². The van der Waals surface area contributed by atoms with Crippen LogP contribution in [0.5, 0.6) is 0 Å². The Bertz CT molecular complexity index is 515. The Hall–Kier alpha value is -1.80. The summed E-state index contributed by atoms with van der Waals surface area (Å²) >= 11 is 0. The highest BCUT2D eigenvalue weighted by atomic mass is 15.1. The van der Waals surface area contributed by atoms with Crippen molar-refractivity contribution in [3.05, 3.63) is 59.7 Å². The molecule has 0 bridgehead atoms. The molecular weight excluding hydrogens is 220 g/mol. The predicted octanol–water partition coefficient (Wildman–Crippen LogP) is 3.78. The number of rotatable bonds is 3. The minimum absolute atomic E-state index is 0.0864. The molecule has 0 saturated heterocycles. The molecule has 0 radical (unpaired) electrons. The molecular formula is C16H20N2. The van der Waals surface area contributed by atoms with E-state index in [0.717, 1.165) is 5.56 Å². The van der Waals surface area contributed by atoms with Crippen LogP contribution >= 0.6 is 0 Å². The number of hydrogen-bond acceptors (Lipinski definition) is 2. The number of nitrogens with zero attached hydrogens (tertiary/aromatic N) is 1. The third-order valence-electron chi connectivity index (χ3n) is 3.20. The van der Waals surface area contributed by atoms with E-state index >= 15 is 0 Å². The highest BCUT2D eigenvalue weighted by Crippen LogP contribution is 2.25. The molecule has 0 fully saturated rings. The number of nitrogens with two attached hydrogens (primary N) is 1. The minimum Gasteiger partial charge on any atom is -0.345 e. The van der Waals surface area contributed by atoms with Gasteiger partial charge in [0.05, 0.1) is 0 Å². The maximum atomic E-state index is 5.86. The number of aryl methyl sites for hydroxylation is 1. The zero-order chi connectivity index (χ0) is 13.1. The summed E-state index contributed by atoms with van der Waals surface area (Å²) < 4.78 is 0. The first kappa shape index (κ1) is 12.7. The maximum absolute atomic E-state index is 5.86. The normalized spacial score (nSPS) is 12.2. The van der Waals surface area contributed by atoms with Gasteiger partial charge in [-0.1, -0.05) is 24.3 Å². The molecule has 0 aliphatic heterocycles. The summed E-state index contributed by atoms with van der Waals surface area (Å²) in [6.45, 7) is 4.11. The van der Waals surface area contributed by atoms with Gasteiger partial charge in [-0.25, -0.2) is 0 Å². The predicted molar refractivity (Wildman–Crippen MR) is 78.3 cm³/mol. The molecule has 2 aromatic carbocycles. The van der Waals surface area contributed by atoms with Crippen LogP contribution in [0.1, 0.15) is 24.1 Å². The van der Waals surface area contributed by atoms with Crippen molar-refractivity contribution in [2.75, 3.05) is 11.9 Å². The molecule has 0 aliphatic rings. The molecule has 0 saturated carbocycles. The molecule has 0 spiro atoms. The van der Waals surface area contributed by atoms with E-state index in [1.54, 1.807) is 0 Å². The van der Waals surface area contributed by atoms with Crippen molar-refractivity contribution in [1.29, 1.82) is 0 Å². The third-order valence-corrected chi connectivity index (χ3v) is 3.20. The average molecular weight is 240 g/mol. The number of anilines is 2. The van der Waals surface area contributed by atoms with E-state index in [2.05, 4.69) is 67.4 Å². The summed E-state index contributed by atoms with van der Waals surface area (Å²) in [5.41, 5.74) is 10.7. The summed E-state index contributed by atoms with van der Waals surface area (Å²) in [6.07, 6.45) is 0. The van der Waals surface area contributed by atoms with Crippen molar-refractivity contribution in [2.24, 2.45) is 5.73 Å². The smallest absolute Gasteiger partial charge is 0.0410 e. The van der Waals surface area contributed by atoms with E-state index in [9.17, 15) is 0 Å². The fraction of sp³-hybridized carbons (Fsp3) is 0.250. The van der Waals surface area contributed by atoms with E-state index in [0.29, 0.717) is 0 Å². The van der Waals surface area contributed by atoms with Gasteiger partial charge in [0, 0.05) is 24.5 Å². The molecule has 18 heavy (non-hydrogen) atoms. The molecule has 2 rings (SSSR count). The van der Waals surface area contributed by atoms with Crippen LogP contribution in [0.3, 0.4) is 0 Å². The lowest BCUT2D eigenvalue weighted by molar-refractivity contribution is 0.818. The third kappa shape index (κ3) is 2.71. The van der Waals surface area contributed by atoms with Crippen molar-refractivity contribution in [3.63, 3.8) is 0 Å². The zero-order valence-corrected chi connectivity index (χ0v) is 11.2. The van der Waals surface area contributed by atoms with E-state index in [1.165, 1.54) is 16.9 Å². The molecule has 0 aliphatic carbocycles. The van der Waals surface area contributed by atoms with E-state index in [-0.39, 0.29) is 6.04 Å². The fourth-order valence-corrected chi connectivity index (χ4v) is 1.99. The van der Waals surface area contributed by atoms with Crippen LogP contribution in [0, 0.1) is 6.92 Å². The van der Waals surface area contributed by atoms with Gasteiger partial charge in [-0.15, -0.1) is 0 Å². The lowest BCUT2D eigenvalue weighted by atomic mass is 10.1. The van der Waals surface area contributed by atoms with Gasteiger partial charge >= 0.3 is 0 Å². The van der Waals surface area contributed by atoms with Crippen LogP contribution in [-0.4, -0.2) is 7.05 Å². The SMILES string of the molecule is Cc1cccc(N(C)c2ccc([C@H](C)N)cc2)c1. The summed E-state index contributed by atoms with van der Waals surface area (Å²) in [7, 11) is 2.08. The van der Waals surface area contributed by atoms with Crippen LogP contribution in [0.2, 0.25) is 0 Å². The zero-order valence-electron chi connectivity index (χ0n) is 11.2. The van der Waals surface area contributed by atoms with Crippen molar-refractivity contribution in [3.8, 4) is 0 Å². The van der Waals surface area contributed by atoms with Crippen LogP contribution in [-0.2, 0) is 0 Å². The van der Waals surface area contributed by atoms with Gasteiger partial charge in [0.2, 0.25) is 0 Å². The fourth-order valence-electron chi connectivity index (χ4n) is 1.99. The van der Waals surface area contributed by atoms with E-state index in [1.807, 2.05) is 6.92 Å². The first-order valence-corrected chi connectivity index (χ1v) is 6.24. The summed E-state index contributed by atoms with van der Waals surface area (Å²) in [6, 6.07) is 17.0. The minimum atomic E-state index is 0.0864. The Labute approximate surface area is 109 Å². The van der Waals surface area contributed by atoms with Gasteiger partial charge in [0.25, 0.3) is 0 Å². The molecule has 0 unspecified atom stereocenters. The summed E-state index contributed by atoms with van der Waals surface area (Å²) in [5.74, 6) is 0. The molecule has 2 heteroatoms.